The van der Waals surface area contributed by atoms with Gasteiger partial charge in [-0.05, 0) is 19.8 Å². The maximum Gasteiger partial charge on any atom is 0.160 e. The van der Waals surface area contributed by atoms with Gasteiger partial charge in [0.25, 0.3) is 0 Å². The van der Waals surface area contributed by atoms with Crippen molar-refractivity contribution in [2.24, 2.45) is 0 Å². The topological polar surface area (TPSA) is 101 Å². The second kappa shape index (κ2) is 4.44. The lowest BCUT2D eigenvalue weighted by Crippen LogP contribution is -2.39. The van der Waals surface area contributed by atoms with E-state index in [-0.39, 0.29) is 17.0 Å². The summed E-state index contributed by atoms with van der Waals surface area (Å²) in [6.45, 7) is 1.77. The van der Waals surface area contributed by atoms with Gasteiger partial charge in [0.15, 0.2) is 15.5 Å². The van der Waals surface area contributed by atoms with Gasteiger partial charge in [0.1, 0.15) is 12.1 Å². The Labute approximate surface area is 110 Å². The highest BCUT2D eigenvalue weighted by Crippen LogP contribution is 2.24. The zero-order chi connectivity index (χ0) is 13.5. The largest absolute Gasteiger partial charge is 0.366 e. The highest BCUT2D eigenvalue weighted by atomic mass is 32.2. The van der Waals surface area contributed by atoms with E-state index in [4.69, 9.17) is 0 Å². The molecule has 2 aromatic heterocycles. The van der Waals surface area contributed by atoms with E-state index in [2.05, 4.69) is 25.5 Å². The lowest BCUT2D eigenvalue weighted by Gasteiger charge is -2.27. The standard InChI is InChI=1S/C11H15N5O2S/c1-7-2-3-8(5-19(7,17)18)15-10-9-4-14-16-11(9)13-6-12-10/h4,6-8H,2-3,5H2,1H3,(H2,12,13,14,15,16). The second-order valence-electron chi connectivity index (χ2n) is 4.91. The summed E-state index contributed by atoms with van der Waals surface area (Å²) in [5, 5.41) is 10.4. The van der Waals surface area contributed by atoms with E-state index in [0.717, 1.165) is 11.8 Å². The molecule has 8 heteroatoms. The molecule has 1 fully saturated rings. The van der Waals surface area contributed by atoms with Crippen LogP contribution in [-0.4, -0.2) is 45.6 Å². The molecule has 7 nitrogen and oxygen atoms in total. The maximum absolute atomic E-state index is 11.9. The van der Waals surface area contributed by atoms with E-state index in [1.807, 2.05) is 0 Å². The Kier molecular flexibility index (Phi) is 2.89. The average Bonchev–Trinajstić information content (AvgIpc) is 2.83. The molecule has 19 heavy (non-hydrogen) atoms. The van der Waals surface area contributed by atoms with Gasteiger partial charge >= 0.3 is 0 Å². The van der Waals surface area contributed by atoms with Crippen molar-refractivity contribution in [2.45, 2.75) is 31.1 Å². The molecule has 0 saturated carbocycles. The van der Waals surface area contributed by atoms with Gasteiger partial charge in [-0.2, -0.15) is 5.10 Å². The van der Waals surface area contributed by atoms with Crippen LogP contribution in [0.5, 0.6) is 0 Å². The van der Waals surface area contributed by atoms with E-state index in [1.165, 1.54) is 6.33 Å². The Morgan fingerprint density at radius 2 is 2.21 bits per heavy atom. The molecule has 3 rings (SSSR count). The number of aromatic amines is 1. The lowest BCUT2D eigenvalue weighted by atomic mass is 10.1. The van der Waals surface area contributed by atoms with Crippen LogP contribution in [0.25, 0.3) is 11.0 Å². The van der Waals surface area contributed by atoms with Crippen molar-refractivity contribution < 1.29 is 8.42 Å². The van der Waals surface area contributed by atoms with Crippen molar-refractivity contribution in [1.82, 2.24) is 20.2 Å². The summed E-state index contributed by atoms with van der Waals surface area (Å²) in [6, 6.07) is -0.103. The Hall–Kier alpha value is -1.70. The zero-order valence-electron chi connectivity index (χ0n) is 10.5. The van der Waals surface area contributed by atoms with Crippen molar-refractivity contribution in [3.05, 3.63) is 12.5 Å². The van der Waals surface area contributed by atoms with Crippen LogP contribution in [0.3, 0.4) is 0 Å². The van der Waals surface area contributed by atoms with Gasteiger partial charge in [-0.25, -0.2) is 18.4 Å². The fourth-order valence-corrected chi connectivity index (χ4v) is 3.97. The van der Waals surface area contributed by atoms with Crippen LogP contribution in [0, 0.1) is 0 Å². The predicted octanol–water partition coefficient (Wildman–Crippen LogP) is 0.730. The summed E-state index contributed by atoms with van der Waals surface area (Å²) in [6.07, 6.45) is 4.57. The van der Waals surface area contributed by atoms with Gasteiger partial charge < -0.3 is 5.32 Å². The molecule has 0 spiro atoms. The van der Waals surface area contributed by atoms with Crippen molar-refractivity contribution in [3.63, 3.8) is 0 Å². The first-order valence-electron chi connectivity index (χ1n) is 6.18. The molecule has 3 heterocycles. The zero-order valence-corrected chi connectivity index (χ0v) is 11.3. The third-order valence-electron chi connectivity index (χ3n) is 3.56. The summed E-state index contributed by atoms with van der Waals surface area (Å²) < 4.78 is 23.8. The molecule has 0 bridgehead atoms. The molecule has 2 unspecified atom stereocenters. The molecule has 2 N–H and O–H groups in total. The number of hydrogen-bond acceptors (Lipinski definition) is 6. The number of H-pyrrole nitrogens is 1. The summed E-state index contributed by atoms with van der Waals surface area (Å²) in [5.74, 6) is 0.783. The van der Waals surface area contributed by atoms with Crippen LogP contribution in [0.4, 0.5) is 5.82 Å². The van der Waals surface area contributed by atoms with Crippen molar-refractivity contribution in [1.29, 1.82) is 0 Å². The molecule has 0 radical (unpaired) electrons. The SMILES string of the molecule is CC1CCC(Nc2ncnc3[nH]ncc23)CS1(=O)=O. The normalized spacial score (nSPS) is 26.4. The Bertz CT molecular complexity index is 696. The van der Waals surface area contributed by atoms with Crippen LogP contribution in [-0.2, 0) is 9.84 Å². The third kappa shape index (κ3) is 2.27. The highest BCUT2D eigenvalue weighted by molar-refractivity contribution is 7.92. The van der Waals surface area contributed by atoms with Crippen LogP contribution in [0.15, 0.2) is 12.5 Å². The highest BCUT2D eigenvalue weighted by Gasteiger charge is 2.31. The van der Waals surface area contributed by atoms with Crippen molar-refractivity contribution >= 4 is 26.7 Å². The monoisotopic (exact) mass is 281 g/mol. The smallest absolute Gasteiger partial charge is 0.160 e. The van der Waals surface area contributed by atoms with Crippen LogP contribution >= 0.6 is 0 Å². The predicted molar refractivity (Wildman–Crippen MR) is 71.6 cm³/mol. The maximum atomic E-state index is 11.9. The minimum atomic E-state index is -3.00. The first kappa shape index (κ1) is 12.3. The first-order chi connectivity index (χ1) is 9.06. The van der Waals surface area contributed by atoms with Gasteiger partial charge in [0, 0.05) is 6.04 Å². The molecular formula is C11H15N5O2S. The third-order valence-corrected chi connectivity index (χ3v) is 5.89. The fraction of sp³-hybridized carbons (Fsp3) is 0.545. The number of hydrogen-bond donors (Lipinski definition) is 2. The van der Waals surface area contributed by atoms with E-state index in [9.17, 15) is 8.42 Å². The summed E-state index contributed by atoms with van der Waals surface area (Å²) >= 11 is 0. The molecule has 0 aliphatic carbocycles. The van der Waals surface area contributed by atoms with Crippen LogP contribution < -0.4 is 5.32 Å². The van der Waals surface area contributed by atoms with E-state index in [1.54, 1.807) is 13.1 Å². The molecule has 0 amide bonds. The number of nitrogens with zero attached hydrogens (tertiary/aromatic N) is 3. The molecule has 1 aliphatic heterocycles. The van der Waals surface area contributed by atoms with Gasteiger partial charge in [-0.15, -0.1) is 0 Å². The van der Waals surface area contributed by atoms with E-state index >= 15 is 0 Å². The number of rotatable bonds is 2. The average molecular weight is 281 g/mol. The van der Waals surface area contributed by atoms with Gasteiger partial charge in [0.05, 0.1) is 22.6 Å². The molecule has 102 valence electrons. The van der Waals surface area contributed by atoms with Gasteiger partial charge in [-0.1, -0.05) is 0 Å². The molecule has 2 aromatic rings. The minimum absolute atomic E-state index is 0.103. The van der Waals surface area contributed by atoms with Crippen molar-refractivity contribution in [2.75, 3.05) is 11.1 Å². The molecular weight excluding hydrogens is 266 g/mol. The molecule has 2 atom stereocenters. The number of sulfone groups is 1. The molecule has 1 aliphatic rings. The van der Waals surface area contributed by atoms with E-state index < -0.39 is 9.84 Å². The first-order valence-corrected chi connectivity index (χ1v) is 7.90. The van der Waals surface area contributed by atoms with Crippen molar-refractivity contribution in [3.8, 4) is 0 Å². The van der Waals surface area contributed by atoms with Gasteiger partial charge in [-0.3, -0.25) is 5.10 Å². The lowest BCUT2D eigenvalue weighted by molar-refractivity contribution is 0.533. The molecule has 1 saturated heterocycles. The number of nitrogens with one attached hydrogen (secondary N) is 2. The molecule has 0 aromatic carbocycles. The van der Waals surface area contributed by atoms with Gasteiger partial charge in [0.2, 0.25) is 0 Å². The second-order valence-corrected chi connectivity index (χ2v) is 7.38. The summed E-state index contributed by atoms with van der Waals surface area (Å²) in [5.41, 5.74) is 0.643. The number of fused-ring (bicyclic) bond motifs is 1. The fourth-order valence-electron chi connectivity index (χ4n) is 2.33. The quantitative estimate of drug-likeness (QED) is 0.841. The Morgan fingerprint density at radius 1 is 1.37 bits per heavy atom. The summed E-state index contributed by atoms with van der Waals surface area (Å²) in [7, 11) is -3.00. The Morgan fingerprint density at radius 3 is 3.00 bits per heavy atom. The van der Waals surface area contributed by atoms with E-state index in [0.29, 0.717) is 17.9 Å². The Balaban J connectivity index is 1.84. The number of anilines is 1. The summed E-state index contributed by atoms with van der Waals surface area (Å²) in [4.78, 5) is 8.21. The number of aromatic nitrogens is 4. The minimum Gasteiger partial charge on any atom is -0.366 e. The van der Waals surface area contributed by atoms with Crippen LogP contribution in [0.2, 0.25) is 0 Å². The van der Waals surface area contributed by atoms with Crippen LogP contribution in [0.1, 0.15) is 19.8 Å².